The maximum absolute atomic E-state index is 10.9. The molecule has 6 nitrogen and oxygen atoms in total. The van der Waals surface area contributed by atoms with Gasteiger partial charge in [-0.3, -0.25) is 14.9 Å². The first-order valence-electron chi connectivity index (χ1n) is 4.60. The predicted molar refractivity (Wildman–Crippen MR) is 59.1 cm³/mol. The molecule has 0 aromatic heterocycles. The van der Waals surface area contributed by atoms with Crippen molar-refractivity contribution in [3.63, 3.8) is 0 Å². The SMILES string of the molecule is O=C(O)C(=O)CCc1ccc(Cl)cc1[N+](=O)[O-]. The first-order chi connectivity index (χ1) is 7.91. The third-order valence-electron chi connectivity index (χ3n) is 2.10. The number of ketones is 1. The Morgan fingerprint density at radius 1 is 1.41 bits per heavy atom. The van der Waals surface area contributed by atoms with E-state index in [0.717, 1.165) is 0 Å². The quantitative estimate of drug-likeness (QED) is 0.493. The van der Waals surface area contributed by atoms with Gasteiger partial charge in [0.05, 0.1) is 4.92 Å². The van der Waals surface area contributed by atoms with Gasteiger partial charge >= 0.3 is 5.97 Å². The summed E-state index contributed by atoms with van der Waals surface area (Å²) in [4.78, 5) is 31.2. The van der Waals surface area contributed by atoms with Crippen LogP contribution in [0.1, 0.15) is 12.0 Å². The van der Waals surface area contributed by atoms with Crippen LogP contribution in [0.5, 0.6) is 0 Å². The zero-order valence-electron chi connectivity index (χ0n) is 8.55. The van der Waals surface area contributed by atoms with E-state index < -0.39 is 16.7 Å². The number of carboxylic acids is 1. The van der Waals surface area contributed by atoms with Gasteiger partial charge in [0.25, 0.3) is 5.69 Å². The Kier molecular flexibility index (Phi) is 4.17. The van der Waals surface area contributed by atoms with Crippen molar-refractivity contribution in [3.8, 4) is 0 Å². The van der Waals surface area contributed by atoms with Crippen LogP contribution < -0.4 is 0 Å². The van der Waals surface area contributed by atoms with Crippen molar-refractivity contribution in [2.24, 2.45) is 0 Å². The third-order valence-corrected chi connectivity index (χ3v) is 2.34. The maximum atomic E-state index is 10.9. The number of halogens is 1. The van der Waals surface area contributed by atoms with Gasteiger partial charge in [0.15, 0.2) is 0 Å². The third kappa shape index (κ3) is 3.53. The highest BCUT2D eigenvalue weighted by Crippen LogP contribution is 2.24. The standard InChI is InChI=1S/C10H8ClNO5/c11-7-3-1-6(8(5-7)12(16)17)2-4-9(13)10(14)15/h1,3,5H,2,4H2,(H,14,15). The molecule has 0 saturated heterocycles. The van der Waals surface area contributed by atoms with Gasteiger partial charge in [0, 0.05) is 23.1 Å². The molecule has 0 atom stereocenters. The van der Waals surface area contributed by atoms with Crippen molar-refractivity contribution in [3.05, 3.63) is 38.9 Å². The van der Waals surface area contributed by atoms with Crippen LogP contribution in [-0.4, -0.2) is 21.8 Å². The van der Waals surface area contributed by atoms with E-state index in [9.17, 15) is 19.7 Å². The number of aliphatic carboxylic acids is 1. The summed E-state index contributed by atoms with van der Waals surface area (Å²) >= 11 is 5.61. The predicted octanol–water partition coefficient (Wildman–Crippen LogP) is 1.83. The van der Waals surface area contributed by atoms with Gasteiger partial charge in [-0.15, -0.1) is 0 Å². The van der Waals surface area contributed by atoms with Crippen LogP contribution in [0.15, 0.2) is 18.2 Å². The monoisotopic (exact) mass is 257 g/mol. The molecule has 0 unspecified atom stereocenters. The minimum atomic E-state index is -1.54. The molecule has 0 aliphatic rings. The Bertz CT molecular complexity index is 486. The molecule has 0 aliphatic carbocycles. The van der Waals surface area contributed by atoms with E-state index in [1.54, 1.807) is 0 Å². The van der Waals surface area contributed by atoms with E-state index in [1.807, 2.05) is 0 Å². The molecule has 1 N–H and O–H groups in total. The summed E-state index contributed by atoms with van der Waals surface area (Å²) in [5.74, 6) is -2.52. The van der Waals surface area contributed by atoms with Gasteiger partial charge in [-0.2, -0.15) is 0 Å². The van der Waals surface area contributed by atoms with Crippen molar-refractivity contribution in [1.82, 2.24) is 0 Å². The molecule has 1 rings (SSSR count). The molecule has 90 valence electrons. The minimum Gasteiger partial charge on any atom is -0.476 e. The highest BCUT2D eigenvalue weighted by Gasteiger charge is 2.17. The van der Waals surface area contributed by atoms with Crippen LogP contribution in [-0.2, 0) is 16.0 Å². The average Bonchev–Trinajstić information content (AvgIpc) is 2.26. The normalized spacial score (nSPS) is 9.94. The van der Waals surface area contributed by atoms with Crippen molar-refractivity contribution in [2.45, 2.75) is 12.8 Å². The molecular weight excluding hydrogens is 250 g/mol. The fraction of sp³-hybridized carbons (Fsp3) is 0.200. The van der Waals surface area contributed by atoms with Crippen LogP contribution in [0.4, 0.5) is 5.69 Å². The Balaban J connectivity index is 2.87. The fourth-order valence-electron chi connectivity index (χ4n) is 1.27. The van der Waals surface area contributed by atoms with E-state index in [1.165, 1.54) is 18.2 Å². The molecule has 0 heterocycles. The summed E-state index contributed by atoms with van der Waals surface area (Å²) in [6.45, 7) is 0. The Morgan fingerprint density at radius 2 is 2.06 bits per heavy atom. The van der Waals surface area contributed by atoms with E-state index in [0.29, 0.717) is 0 Å². The number of nitrogens with zero attached hydrogens (tertiary/aromatic N) is 1. The number of carbonyl (C=O) groups is 2. The van der Waals surface area contributed by atoms with Gasteiger partial charge in [-0.25, -0.2) is 4.79 Å². The number of rotatable bonds is 5. The zero-order valence-corrected chi connectivity index (χ0v) is 9.31. The van der Waals surface area contributed by atoms with Gasteiger partial charge in [-0.05, 0) is 12.5 Å². The van der Waals surface area contributed by atoms with Gasteiger partial charge in [0.1, 0.15) is 0 Å². The van der Waals surface area contributed by atoms with Gasteiger partial charge < -0.3 is 5.11 Å². The Morgan fingerprint density at radius 3 is 2.59 bits per heavy atom. The topological polar surface area (TPSA) is 97.5 Å². The van der Waals surface area contributed by atoms with Crippen LogP contribution in [0.3, 0.4) is 0 Å². The lowest BCUT2D eigenvalue weighted by Gasteiger charge is -2.01. The zero-order chi connectivity index (χ0) is 13.0. The van der Waals surface area contributed by atoms with Crippen molar-refractivity contribution >= 4 is 29.0 Å². The number of hydrogen-bond donors (Lipinski definition) is 1. The molecule has 1 aromatic carbocycles. The van der Waals surface area contributed by atoms with Crippen molar-refractivity contribution < 1.29 is 19.6 Å². The molecule has 17 heavy (non-hydrogen) atoms. The number of aryl methyl sites for hydroxylation is 1. The van der Waals surface area contributed by atoms with Crippen LogP contribution in [0.2, 0.25) is 5.02 Å². The molecule has 0 spiro atoms. The van der Waals surface area contributed by atoms with Gasteiger partial charge in [0.2, 0.25) is 5.78 Å². The lowest BCUT2D eigenvalue weighted by atomic mass is 10.1. The fourth-order valence-corrected chi connectivity index (χ4v) is 1.44. The molecule has 0 fully saturated rings. The summed E-state index contributed by atoms with van der Waals surface area (Å²) in [6.07, 6.45) is -0.281. The molecule has 0 bridgehead atoms. The number of Topliss-reactive ketones (excluding diaryl/α,β-unsaturated/α-hetero) is 1. The molecule has 1 aromatic rings. The summed E-state index contributed by atoms with van der Waals surface area (Å²) in [5, 5.41) is 19.3. The van der Waals surface area contributed by atoms with E-state index in [2.05, 4.69) is 0 Å². The number of nitro benzene ring substituents is 1. The summed E-state index contributed by atoms with van der Waals surface area (Å²) < 4.78 is 0. The molecule has 0 saturated carbocycles. The van der Waals surface area contributed by atoms with Crippen molar-refractivity contribution in [1.29, 1.82) is 0 Å². The number of nitro groups is 1. The highest BCUT2D eigenvalue weighted by atomic mass is 35.5. The van der Waals surface area contributed by atoms with E-state index in [-0.39, 0.29) is 29.1 Å². The van der Waals surface area contributed by atoms with Crippen LogP contribution in [0.25, 0.3) is 0 Å². The first-order valence-corrected chi connectivity index (χ1v) is 4.98. The Labute approximate surface area is 101 Å². The Hall–Kier alpha value is -1.95. The summed E-state index contributed by atoms with van der Waals surface area (Å²) in [5.41, 5.74) is 0.0738. The molecular formula is C10H8ClNO5. The summed E-state index contributed by atoms with van der Waals surface area (Å²) in [6, 6.07) is 4.03. The van der Waals surface area contributed by atoms with Crippen molar-refractivity contribution in [2.75, 3.05) is 0 Å². The lowest BCUT2D eigenvalue weighted by Crippen LogP contribution is -2.13. The second-order valence-corrected chi connectivity index (χ2v) is 3.69. The number of hydrogen-bond acceptors (Lipinski definition) is 4. The second-order valence-electron chi connectivity index (χ2n) is 3.26. The molecule has 0 amide bonds. The first kappa shape index (κ1) is 13.1. The van der Waals surface area contributed by atoms with Crippen LogP contribution >= 0.6 is 11.6 Å². The largest absolute Gasteiger partial charge is 0.476 e. The van der Waals surface area contributed by atoms with E-state index in [4.69, 9.17) is 16.7 Å². The second kappa shape index (κ2) is 5.40. The summed E-state index contributed by atoms with van der Waals surface area (Å²) in [7, 11) is 0. The highest BCUT2D eigenvalue weighted by molar-refractivity contribution is 6.32. The molecule has 7 heteroatoms. The van der Waals surface area contributed by atoms with E-state index >= 15 is 0 Å². The maximum Gasteiger partial charge on any atom is 0.372 e. The molecule has 0 aliphatic heterocycles. The smallest absolute Gasteiger partial charge is 0.372 e. The number of carbonyl (C=O) groups excluding carboxylic acids is 1. The minimum absolute atomic E-state index is 0.00137. The average molecular weight is 258 g/mol. The van der Waals surface area contributed by atoms with Crippen LogP contribution in [0, 0.1) is 10.1 Å². The lowest BCUT2D eigenvalue weighted by molar-refractivity contribution is -0.385. The number of benzene rings is 1. The molecule has 0 radical (unpaired) electrons. The number of carboxylic acid groups (broad SMARTS) is 1. The van der Waals surface area contributed by atoms with Gasteiger partial charge in [-0.1, -0.05) is 17.7 Å².